The second kappa shape index (κ2) is 4.80. The van der Waals surface area contributed by atoms with Crippen molar-refractivity contribution in [2.75, 3.05) is 0 Å². The maximum absolute atomic E-state index is 13.5. The van der Waals surface area contributed by atoms with Crippen molar-refractivity contribution in [1.29, 1.82) is 0 Å². The molecule has 6 heteroatoms. The molecule has 0 saturated carbocycles. The van der Waals surface area contributed by atoms with Gasteiger partial charge in [0.15, 0.2) is 0 Å². The SMILES string of the molecule is CC(C)n1cc(C(F)F)c(-c2cccnc2F)n1. The normalized spacial score (nSPS) is 11.5. The molecule has 2 aromatic heterocycles. The second-order valence-corrected chi connectivity index (χ2v) is 4.15. The number of halogens is 3. The van der Waals surface area contributed by atoms with Crippen LogP contribution in [-0.2, 0) is 0 Å². The van der Waals surface area contributed by atoms with Crippen LogP contribution in [0.5, 0.6) is 0 Å². The third kappa shape index (κ3) is 2.23. The highest BCUT2D eigenvalue weighted by atomic mass is 19.3. The first kappa shape index (κ1) is 12.6. The maximum Gasteiger partial charge on any atom is 0.267 e. The largest absolute Gasteiger partial charge is 0.269 e. The highest BCUT2D eigenvalue weighted by Gasteiger charge is 2.22. The van der Waals surface area contributed by atoms with Gasteiger partial charge in [-0.15, -0.1) is 0 Å². The fourth-order valence-corrected chi connectivity index (χ4v) is 1.60. The van der Waals surface area contributed by atoms with Crippen molar-refractivity contribution in [3.63, 3.8) is 0 Å². The Morgan fingerprint density at radius 2 is 2.00 bits per heavy atom. The molecule has 18 heavy (non-hydrogen) atoms. The van der Waals surface area contributed by atoms with Gasteiger partial charge in [0.05, 0.1) is 11.1 Å². The molecule has 2 aromatic rings. The lowest BCUT2D eigenvalue weighted by molar-refractivity contribution is 0.152. The molecule has 0 atom stereocenters. The minimum Gasteiger partial charge on any atom is -0.269 e. The lowest BCUT2D eigenvalue weighted by atomic mass is 10.1. The molecular formula is C12H12F3N3. The second-order valence-electron chi connectivity index (χ2n) is 4.15. The zero-order chi connectivity index (χ0) is 13.3. The standard InChI is InChI=1S/C12H12F3N3/c1-7(2)18-6-9(11(13)14)10(17-18)8-4-3-5-16-12(8)15/h3-7,11H,1-2H3. The van der Waals surface area contributed by atoms with Crippen molar-refractivity contribution in [3.8, 4) is 11.3 Å². The van der Waals surface area contributed by atoms with Crippen molar-refractivity contribution in [2.45, 2.75) is 26.3 Å². The summed E-state index contributed by atoms with van der Waals surface area (Å²) in [6.07, 6.45) is -0.190. The van der Waals surface area contributed by atoms with E-state index in [1.807, 2.05) is 13.8 Å². The first-order valence-corrected chi connectivity index (χ1v) is 5.48. The molecule has 0 amide bonds. The summed E-state index contributed by atoms with van der Waals surface area (Å²) in [5.74, 6) is -0.798. The Hall–Kier alpha value is -1.85. The zero-order valence-electron chi connectivity index (χ0n) is 9.94. The highest BCUT2D eigenvalue weighted by Crippen LogP contribution is 2.31. The molecule has 3 nitrogen and oxygen atoms in total. The molecule has 0 fully saturated rings. The fraction of sp³-hybridized carbons (Fsp3) is 0.333. The summed E-state index contributed by atoms with van der Waals surface area (Å²) in [6.45, 7) is 3.62. The van der Waals surface area contributed by atoms with Gasteiger partial charge in [0.2, 0.25) is 5.95 Å². The van der Waals surface area contributed by atoms with E-state index in [4.69, 9.17) is 0 Å². The van der Waals surface area contributed by atoms with Crippen LogP contribution in [0.1, 0.15) is 31.9 Å². The van der Waals surface area contributed by atoms with Crippen molar-refractivity contribution in [1.82, 2.24) is 14.8 Å². The summed E-state index contributed by atoms with van der Waals surface area (Å²) >= 11 is 0. The van der Waals surface area contributed by atoms with Gasteiger partial charge in [0.1, 0.15) is 5.69 Å². The van der Waals surface area contributed by atoms with Crippen molar-refractivity contribution in [3.05, 3.63) is 36.0 Å². The predicted octanol–water partition coefficient (Wildman–Crippen LogP) is 3.60. The number of hydrogen-bond donors (Lipinski definition) is 0. The number of rotatable bonds is 3. The first-order valence-electron chi connectivity index (χ1n) is 5.48. The topological polar surface area (TPSA) is 30.7 Å². The lowest BCUT2D eigenvalue weighted by Crippen LogP contribution is -2.01. The molecule has 0 radical (unpaired) electrons. The van der Waals surface area contributed by atoms with Crippen LogP contribution in [0, 0.1) is 5.95 Å². The summed E-state index contributed by atoms with van der Waals surface area (Å²) in [5, 5.41) is 4.02. The van der Waals surface area contributed by atoms with E-state index < -0.39 is 12.4 Å². The van der Waals surface area contributed by atoms with Gasteiger partial charge < -0.3 is 0 Å². The van der Waals surface area contributed by atoms with Crippen LogP contribution in [-0.4, -0.2) is 14.8 Å². The van der Waals surface area contributed by atoms with Crippen LogP contribution in [0.25, 0.3) is 11.3 Å². The molecule has 0 spiro atoms. The van der Waals surface area contributed by atoms with Gasteiger partial charge in [-0.3, -0.25) is 4.68 Å². The maximum atomic E-state index is 13.5. The van der Waals surface area contributed by atoms with E-state index in [1.165, 1.54) is 29.2 Å². The van der Waals surface area contributed by atoms with Gasteiger partial charge in [0, 0.05) is 18.4 Å². The predicted molar refractivity (Wildman–Crippen MR) is 60.8 cm³/mol. The van der Waals surface area contributed by atoms with E-state index in [1.54, 1.807) is 0 Å². The lowest BCUT2D eigenvalue weighted by Gasteiger charge is -2.03. The molecule has 0 N–H and O–H groups in total. The Morgan fingerprint density at radius 1 is 1.28 bits per heavy atom. The molecule has 0 unspecified atom stereocenters. The minimum absolute atomic E-state index is 0.00722. The van der Waals surface area contributed by atoms with E-state index in [-0.39, 0.29) is 22.9 Å². The smallest absolute Gasteiger partial charge is 0.267 e. The minimum atomic E-state index is -2.70. The van der Waals surface area contributed by atoms with Gasteiger partial charge in [0.25, 0.3) is 6.43 Å². The fourth-order valence-electron chi connectivity index (χ4n) is 1.60. The Bertz CT molecular complexity index is 549. The summed E-state index contributed by atoms with van der Waals surface area (Å²) in [4.78, 5) is 3.45. The van der Waals surface area contributed by atoms with Gasteiger partial charge in [-0.25, -0.2) is 13.8 Å². The van der Waals surface area contributed by atoms with Crippen LogP contribution >= 0.6 is 0 Å². The van der Waals surface area contributed by atoms with Crippen LogP contribution in [0.3, 0.4) is 0 Å². The average molecular weight is 255 g/mol. The number of alkyl halides is 2. The third-order valence-electron chi connectivity index (χ3n) is 2.54. The van der Waals surface area contributed by atoms with Gasteiger partial charge >= 0.3 is 0 Å². The van der Waals surface area contributed by atoms with E-state index in [2.05, 4.69) is 10.1 Å². The van der Waals surface area contributed by atoms with Crippen LogP contribution in [0.2, 0.25) is 0 Å². The van der Waals surface area contributed by atoms with E-state index in [9.17, 15) is 13.2 Å². The number of nitrogens with zero attached hydrogens (tertiary/aromatic N) is 3. The number of pyridine rings is 1. The van der Waals surface area contributed by atoms with Crippen LogP contribution in [0.4, 0.5) is 13.2 Å². The first-order chi connectivity index (χ1) is 8.50. The molecule has 2 heterocycles. The van der Waals surface area contributed by atoms with E-state index >= 15 is 0 Å². The molecule has 0 aromatic carbocycles. The zero-order valence-corrected chi connectivity index (χ0v) is 9.94. The Balaban J connectivity index is 2.59. The molecule has 0 aliphatic carbocycles. The Morgan fingerprint density at radius 3 is 2.56 bits per heavy atom. The van der Waals surface area contributed by atoms with Crippen LogP contribution in [0.15, 0.2) is 24.5 Å². The highest BCUT2D eigenvalue weighted by molar-refractivity contribution is 5.62. The van der Waals surface area contributed by atoms with Crippen molar-refractivity contribution < 1.29 is 13.2 Å². The van der Waals surface area contributed by atoms with E-state index in [0.717, 1.165) is 0 Å². The van der Waals surface area contributed by atoms with Crippen molar-refractivity contribution in [2.24, 2.45) is 0 Å². The molecule has 0 saturated heterocycles. The molecule has 96 valence electrons. The molecular weight excluding hydrogens is 243 g/mol. The third-order valence-corrected chi connectivity index (χ3v) is 2.54. The van der Waals surface area contributed by atoms with E-state index in [0.29, 0.717) is 0 Å². The van der Waals surface area contributed by atoms with Crippen LogP contribution < -0.4 is 0 Å². The number of aromatic nitrogens is 3. The summed E-state index contributed by atoms with van der Waals surface area (Å²) in [7, 11) is 0. The molecule has 2 rings (SSSR count). The van der Waals surface area contributed by atoms with Gasteiger partial charge in [-0.2, -0.15) is 9.49 Å². The number of hydrogen-bond acceptors (Lipinski definition) is 2. The Labute approximate surface area is 102 Å². The molecule has 0 bridgehead atoms. The average Bonchev–Trinajstić information content (AvgIpc) is 2.74. The Kier molecular flexibility index (Phi) is 3.36. The monoisotopic (exact) mass is 255 g/mol. The van der Waals surface area contributed by atoms with Crippen molar-refractivity contribution >= 4 is 0 Å². The molecule has 0 aliphatic rings. The molecule has 0 aliphatic heterocycles. The summed E-state index contributed by atoms with van der Waals surface area (Å²) in [6, 6.07) is 2.81. The van der Waals surface area contributed by atoms with Gasteiger partial charge in [-0.05, 0) is 26.0 Å². The quantitative estimate of drug-likeness (QED) is 0.784. The van der Waals surface area contributed by atoms with Gasteiger partial charge in [-0.1, -0.05) is 0 Å². The summed E-state index contributed by atoms with van der Waals surface area (Å²) in [5.41, 5.74) is -0.341. The summed E-state index contributed by atoms with van der Waals surface area (Å²) < 4.78 is 40.8.